The van der Waals surface area contributed by atoms with Gasteiger partial charge in [0.2, 0.25) is 0 Å². The van der Waals surface area contributed by atoms with E-state index in [-0.39, 0.29) is 0 Å². The SMILES string of the molecule is Cc1ccccc1N(C)c1ccc(CCl)c(Cl)c1. The van der Waals surface area contributed by atoms with Crippen LogP contribution in [0.3, 0.4) is 0 Å². The molecule has 0 unspecified atom stereocenters. The highest BCUT2D eigenvalue weighted by Gasteiger charge is 2.08. The average molecular weight is 280 g/mol. The van der Waals surface area contributed by atoms with E-state index >= 15 is 0 Å². The number of benzene rings is 2. The third-order valence-corrected chi connectivity index (χ3v) is 3.68. The second-order valence-corrected chi connectivity index (χ2v) is 4.93. The summed E-state index contributed by atoms with van der Waals surface area (Å²) in [5.74, 6) is 0.438. The Kier molecular flexibility index (Phi) is 4.15. The maximum Gasteiger partial charge on any atom is 0.0488 e. The van der Waals surface area contributed by atoms with Gasteiger partial charge in [0, 0.05) is 29.3 Å². The Morgan fingerprint density at radius 3 is 2.44 bits per heavy atom. The lowest BCUT2D eigenvalue weighted by Gasteiger charge is -2.22. The zero-order valence-electron chi connectivity index (χ0n) is 10.5. The number of rotatable bonds is 3. The summed E-state index contributed by atoms with van der Waals surface area (Å²) in [6.45, 7) is 2.10. The second kappa shape index (κ2) is 5.64. The molecule has 2 aromatic carbocycles. The number of anilines is 2. The van der Waals surface area contributed by atoms with E-state index in [1.165, 1.54) is 11.3 Å². The molecular formula is C15H15Cl2N. The monoisotopic (exact) mass is 279 g/mol. The first-order chi connectivity index (χ1) is 8.63. The Labute approximate surface area is 118 Å². The largest absolute Gasteiger partial charge is 0.344 e. The van der Waals surface area contributed by atoms with Gasteiger partial charge in [-0.3, -0.25) is 0 Å². The lowest BCUT2D eigenvalue weighted by molar-refractivity contribution is 1.18. The number of alkyl halides is 1. The van der Waals surface area contributed by atoms with Gasteiger partial charge < -0.3 is 4.90 Å². The van der Waals surface area contributed by atoms with E-state index in [0.29, 0.717) is 10.9 Å². The Balaban J connectivity index is 2.37. The molecule has 1 nitrogen and oxygen atoms in total. The van der Waals surface area contributed by atoms with E-state index in [9.17, 15) is 0 Å². The summed E-state index contributed by atoms with van der Waals surface area (Å²) >= 11 is 12.0. The van der Waals surface area contributed by atoms with E-state index in [2.05, 4.69) is 24.0 Å². The fraction of sp³-hybridized carbons (Fsp3) is 0.200. The van der Waals surface area contributed by atoms with Crippen LogP contribution in [-0.2, 0) is 5.88 Å². The maximum atomic E-state index is 6.19. The van der Waals surface area contributed by atoms with Gasteiger partial charge in [-0.25, -0.2) is 0 Å². The van der Waals surface area contributed by atoms with Crippen molar-refractivity contribution in [2.75, 3.05) is 11.9 Å². The zero-order valence-corrected chi connectivity index (χ0v) is 12.0. The van der Waals surface area contributed by atoms with Gasteiger partial charge in [0.15, 0.2) is 0 Å². The molecule has 0 aliphatic rings. The molecule has 0 fully saturated rings. The first-order valence-corrected chi connectivity index (χ1v) is 6.68. The van der Waals surface area contributed by atoms with Crippen LogP contribution >= 0.6 is 23.2 Å². The highest BCUT2D eigenvalue weighted by molar-refractivity contribution is 6.32. The normalized spacial score (nSPS) is 10.4. The van der Waals surface area contributed by atoms with Crippen LogP contribution in [0.25, 0.3) is 0 Å². The second-order valence-electron chi connectivity index (χ2n) is 4.25. The molecule has 2 rings (SSSR count). The molecule has 18 heavy (non-hydrogen) atoms. The minimum atomic E-state index is 0.438. The first kappa shape index (κ1) is 13.3. The average Bonchev–Trinajstić information content (AvgIpc) is 2.38. The molecule has 0 saturated heterocycles. The summed E-state index contributed by atoms with van der Waals surface area (Å²) < 4.78 is 0. The van der Waals surface area contributed by atoms with E-state index < -0.39 is 0 Å². The molecule has 0 aliphatic carbocycles. The lowest BCUT2D eigenvalue weighted by atomic mass is 10.1. The minimum Gasteiger partial charge on any atom is -0.344 e. The van der Waals surface area contributed by atoms with Gasteiger partial charge in [0.05, 0.1) is 0 Å². The minimum absolute atomic E-state index is 0.438. The smallest absolute Gasteiger partial charge is 0.0488 e. The van der Waals surface area contributed by atoms with Gasteiger partial charge in [-0.15, -0.1) is 11.6 Å². The molecular weight excluding hydrogens is 265 g/mol. The highest BCUT2D eigenvalue weighted by atomic mass is 35.5. The molecule has 0 aromatic heterocycles. The zero-order chi connectivity index (χ0) is 13.1. The van der Waals surface area contributed by atoms with Gasteiger partial charge in [0.1, 0.15) is 0 Å². The van der Waals surface area contributed by atoms with Gasteiger partial charge in [-0.1, -0.05) is 35.9 Å². The van der Waals surface area contributed by atoms with Crippen LogP contribution in [-0.4, -0.2) is 7.05 Å². The molecule has 0 spiro atoms. The number of halogens is 2. The van der Waals surface area contributed by atoms with E-state index in [1.54, 1.807) is 0 Å². The predicted octanol–water partition coefficient (Wildman–Crippen LogP) is 5.16. The lowest BCUT2D eigenvalue weighted by Crippen LogP contribution is -2.10. The fourth-order valence-electron chi connectivity index (χ4n) is 1.93. The van der Waals surface area contributed by atoms with Gasteiger partial charge in [0.25, 0.3) is 0 Å². The molecule has 3 heteroatoms. The van der Waals surface area contributed by atoms with Crippen LogP contribution in [0.1, 0.15) is 11.1 Å². The van der Waals surface area contributed by atoms with Crippen molar-refractivity contribution in [1.29, 1.82) is 0 Å². The fourth-order valence-corrected chi connectivity index (χ4v) is 2.48. The molecule has 0 N–H and O–H groups in total. The summed E-state index contributed by atoms with van der Waals surface area (Å²) in [7, 11) is 2.04. The van der Waals surface area contributed by atoms with E-state index in [1.807, 2.05) is 37.4 Å². The third kappa shape index (κ3) is 2.63. The molecule has 0 heterocycles. The van der Waals surface area contributed by atoms with Gasteiger partial charge >= 0.3 is 0 Å². The van der Waals surface area contributed by atoms with Crippen molar-refractivity contribution in [3.05, 3.63) is 58.6 Å². The van der Waals surface area contributed by atoms with E-state index in [0.717, 1.165) is 11.3 Å². The van der Waals surface area contributed by atoms with Gasteiger partial charge in [-0.05, 0) is 36.2 Å². The Morgan fingerprint density at radius 2 is 1.83 bits per heavy atom. The van der Waals surface area contributed by atoms with Crippen LogP contribution in [0.15, 0.2) is 42.5 Å². The summed E-state index contributed by atoms with van der Waals surface area (Å²) in [4.78, 5) is 2.12. The first-order valence-electron chi connectivity index (χ1n) is 5.77. The number of hydrogen-bond acceptors (Lipinski definition) is 1. The molecule has 94 valence electrons. The Bertz CT molecular complexity index is 552. The Morgan fingerprint density at radius 1 is 1.11 bits per heavy atom. The van der Waals surface area contributed by atoms with Crippen LogP contribution in [0.4, 0.5) is 11.4 Å². The summed E-state index contributed by atoms with van der Waals surface area (Å²) in [5.41, 5.74) is 4.42. The molecule has 0 atom stereocenters. The summed E-state index contributed by atoms with van der Waals surface area (Å²) in [6.07, 6.45) is 0. The van der Waals surface area contributed by atoms with Crippen molar-refractivity contribution in [1.82, 2.24) is 0 Å². The van der Waals surface area contributed by atoms with Crippen LogP contribution in [0.5, 0.6) is 0 Å². The van der Waals surface area contributed by atoms with Crippen molar-refractivity contribution in [2.45, 2.75) is 12.8 Å². The molecule has 0 amide bonds. The van der Waals surface area contributed by atoms with Crippen molar-refractivity contribution >= 4 is 34.6 Å². The van der Waals surface area contributed by atoms with Crippen LogP contribution in [0, 0.1) is 6.92 Å². The molecule has 0 aliphatic heterocycles. The summed E-state index contributed by atoms with van der Waals surface area (Å²) in [6, 6.07) is 14.2. The maximum absolute atomic E-state index is 6.19. The Hall–Kier alpha value is -1.18. The van der Waals surface area contributed by atoms with Crippen molar-refractivity contribution < 1.29 is 0 Å². The highest BCUT2D eigenvalue weighted by Crippen LogP contribution is 2.30. The topological polar surface area (TPSA) is 3.24 Å². The predicted molar refractivity (Wildman–Crippen MR) is 80.3 cm³/mol. The summed E-state index contributed by atoms with van der Waals surface area (Å²) in [5, 5.41) is 0.711. The van der Waals surface area contributed by atoms with Crippen molar-refractivity contribution in [3.63, 3.8) is 0 Å². The van der Waals surface area contributed by atoms with Crippen molar-refractivity contribution in [3.8, 4) is 0 Å². The number of nitrogens with zero attached hydrogens (tertiary/aromatic N) is 1. The molecule has 2 aromatic rings. The van der Waals surface area contributed by atoms with Crippen LogP contribution < -0.4 is 4.90 Å². The van der Waals surface area contributed by atoms with Crippen LogP contribution in [0.2, 0.25) is 5.02 Å². The number of aryl methyl sites for hydroxylation is 1. The standard InChI is InChI=1S/C15H15Cl2N/c1-11-5-3-4-6-15(11)18(2)13-8-7-12(10-16)14(17)9-13/h3-9H,10H2,1-2H3. The van der Waals surface area contributed by atoms with Crippen molar-refractivity contribution in [2.24, 2.45) is 0 Å². The quantitative estimate of drug-likeness (QED) is 0.702. The number of hydrogen-bond donors (Lipinski definition) is 0. The molecule has 0 radical (unpaired) electrons. The molecule has 0 bridgehead atoms. The molecule has 0 saturated carbocycles. The van der Waals surface area contributed by atoms with Gasteiger partial charge in [-0.2, -0.15) is 0 Å². The number of para-hydroxylation sites is 1. The third-order valence-electron chi connectivity index (χ3n) is 3.04. The van der Waals surface area contributed by atoms with E-state index in [4.69, 9.17) is 23.2 Å².